The number of hydrogen-bond donors (Lipinski definition) is 0. The maximum absolute atomic E-state index is 12.0. The fourth-order valence-corrected chi connectivity index (χ4v) is 8.44. The lowest BCUT2D eigenvalue weighted by Crippen LogP contribution is -2.67. The molecule has 4 fully saturated rings. The maximum Gasteiger partial charge on any atom is 0.330 e. The van der Waals surface area contributed by atoms with Gasteiger partial charge >= 0.3 is 11.9 Å². The van der Waals surface area contributed by atoms with Gasteiger partial charge in [-0.25, -0.2) is 9.59 Å². The Morgan fingerprint density at radius 2 is 1.38 bits per heavy atom. The third-order valence-electron chi connectivity index (χ3n) is 6.52. The van der Waals surface area contributed by atoms with E-state index in [1.165, 1.54) is 18.6 Å². The minimum Gasteiger partial charge on any atom is -0.456 e. The number of hydrogen-bond acceptors (Lipinski definition) is 4. The quantitative estimate of drug-likeness (QED) is 0.428. The monoisotopic (exact) mass is 348 g/mol. The third kappa shape index (κ3) is 2.67. The van der Waals surface area contributed by atoms with Crippen LogP contribution in [-0.2, 0) is 19.1 Å². The van der Waals surface area contributed by atoms with Gasteiger partial charge in [0.05, 0.1) is 8.07 Å². The Morgan fingerprint density at radius 3 is 1.75 bits per heavy atom. The summed E-state index contributed by atoms with van der Waals surface area (Å²) in [5, 5.41) is 0.148. The van der Waals surface area contributed by atoms with Crippen molar-refractivity contribution in [2.24, 2.45) is 5.92 Å². The van der Waals surface area contributed by atoms with Gasteiger partial charge < -0.3 is 9.47 Å². The van der Waals surface area contributed by atoms with Gasteiger partial charge in [-0.2, -0.15) is 0 Å². The predicted molar refractivity (Wildman–Crippen MR) is 95.3 cm³/mol. The molecule has 132 valence electrons. The van der Waals surface area contributed by atoms with Crippen molar-refractivity contribution in [3.8, 4) is 0 Å². The first kappa shape index (κ1) is 17.5. The second-order valence-corrected chi connectivity index (χ2v) is 14.7. The van der Waals surface area contributed by atoms with Crippen molar-refractivity contribution in [3.05, 3.63) is 25.3 Å². The minimum absolute atomic E-state index is 0.148. The van der Waals surface area contributed by atoms with Crippen molar-refractivity contribution in [1.29, 1.82) is 0 Å². The first-order valence-electron chi connectivity index (χ1n) is 8.78. The highest BCUT2D eigenvalue weighted by Crippen LogP contribution is 2.71. The summed E-state index contributed by atoms with van der Waals surface area (Å²) in [5.74, 6) is -0.288. The van der Waals surface area contributed by atoms with E-state index in [0.717, 1.165) is 25.7 Å². The summed E-state index contributed by atoms with van der Waals surface area (Å²) in [6.07, 6.45) is 7.83. The molecule has 0 aromatic carbocycles. The molecule has 0 amide bonds. The molecule has 4 aliphatic carbocycles. The minimum atomic E-state index is -1.56. The second-order valence-electron chi connectivity index (χ2n) is 9.16. The zero-order valence-electron chi connectivity index (χ0n) is 15.0. The standard InChI is InChI=1S/C19H28O4Si/c1-6-15(20)22-17-8-14-9-18(11-17,23-16(21)7-2)13-19(10-14,12-17)24(3,4)5/h6-7,14H,1-2,8-13H2,3-5H3. The number of ether oxygens (including phenoxy) is 2. The highest BCUT2D eigenvalue weighted by atomic mass is 28.3. The molecule has 0 aromatic heterocycles. The van der Waals surface area contributed by atoms with Crippen LogP contribution >= 0.6 is 0 Å². The van der Waals surface area contributed by atoms with Crippen molar-refractivity contribution < 1.29 is 19.1 Å². The van der Waals surface area contributed by atoms with Gasteiger partial charge in [-0.05, 0) is 43.1 Å². The second kappa shape index (κ2) is 5.32. The first-order chi connectivity index (χ1) is 11.1. The zero-order chi connectivity index (χ0) is 17.8. The summed E-state index contributed by atoms with van der Waals surface area (Å²) in [6.45, 7) is 14.2. The molecule has 0 N–H and O–H groups in total. The SMILES string of the molecule is C=CC(=O)OC12CC3CC(OC(=O)C=C)(C1)CC([Si](C)(C)C)(C3)C2. The van der Waals surface area contributed by atoms with Crippen LogP contribution in [-0.4, -0.2) is 31.2 Å². The molecule has 4 nitrogen and oxygen atoms in total. The molecule has 24 heavy (non-hydrogen) atoms. The Balaban J connectivity index is 2.02. The van der Waals surface area contributed by atoms with Crippen LogP contribution in [0.2, 0.25) is 24.7 Å². The summed E-state index contributed by atoms with van der Waals surface area (Å²) in [4.78, 5) is 24.0. The van der Waals surface area contributed by atoms with Crippen LogP contribution in [0, 0.1) is 5.92 Å². The molecule has 2 atom stereocenters. The predicted octanol–water partition coefficient (Wildman–Crippen LogP) is 4.00. The van der Waals surface area contributed by atoms with E-state index in [1.807, 2.05) is 0 Å². The van der Waals surface area contributed by atoms with Crippen molar-refractivity contribution in [2.75, 3.05) is 0 Å². The molecule has 4 aliphatic rings. The normalized spacial score (nSPS) is 40.0. The molecule has 0 heterocycles. The molecular formula is C19H28O4Si. The molecule has 0 saturated heterocycles. The Hall–Kier alpha value is -1.36. The van der Waals surface area contributed by atoms with Crippen LogP contribution in [0.5, 0.6) is 0 Å². The van der Waals surface area contributed by atoms with E-state index in [1.54, 1.807) is 0 Å². The van der Waals surface area contributed by atoms with E-state index in [0.29, 0.717) is 12.3 Å². The number of rotatable bonds is 5. The van der Waals surface area contributed by atoms with E-state index >= 15 is 0 Å². The van der Waals surface area contributed by atoms with Gasteiger partial charge in [0, 0.05) is 18.6 Å². The van der Waals surface area contributed by atoms with E-state index in [2.05, 4.69) is 32.8 Å². The number of carbonyl (C=O) groups is 2. The molecule has 0 radical (unpaired) electrons. The lowest BCUT2D eigenvalue weighted by molar-refractivity contribution is -0.224. The number of carbonyl (C=O) groups excluding carboxylic acids is 2. The summed E-state index contributed by atoms with van der Waals surface area (Å²) >= 11 is 0. The zero-order valence-corrected chi connectivity index (χ0v) is 16.0. The average Bonchev–Trinajstić information content (AvgIpc) is 2.43. The van der Waals surface area contributed by atoms with Crippen LogP contribution in [0.1, 0.15) is 38.5 Å². The van der Waals surface area contributed by atoms with Gasteiger partial charge in [0.25, 0.3) is 0 Å². The topological polar surface area (TPSA) is 52.6 Å². The highest BCUT2D eigenvalue weighted by Gasteiger charge is 2.69. The van der Waals surface area contributed by atoms with E-state index in [-0.39, 0.29) is 17.0 Å². The van der Waals surface area contributed by atoms with Gasteiger partial charge in [-0.3, -0.25) is 0 Å². The Labute approximate surface area is 145 Å². The van der Waals surface area contributed by atoms with E-state index < -0.39 is 19.3 Å². The first-order valence-corrected chi connectivity index (χ1v) is 12.3. The van der Waals surface area contributed by atoms with Gasteiger partial charge in [0.2, 0.25) is 0 Å². The Kier molecular flexibility index (Phi) is 3.87. The largest absolute Gasteiger partial charge is 0.456 e. The van der Waals surface area contributed by atoms with Crippen molar-refractivity contribution in [3.63, 3.8) is 0 Å². The van der Waals surface area contributed by atoms with Crippen LogP contribution in [0.3, 0.4) is 0 Å². The molecule has 0 spiro atoms. The van der Waals surface area contributed by atoms with Crippen molar-refractivity contribution >= 4 is 20.0 Å². The maximum atomic E-state index is 12.0. The van der Waals surface area contributed by atoms with E-state index in [4.69, 9.17) is 9.47 Å². The Bertz CT molecular complexity index is 565. The molecule has 2 unspecified atom stereocenters. The van der Waals surface area contributed by atoms with Gasteiger partial charge in [-0.1, -0.05) is 32.8 Å². The van der Waals surface area contributed by atoms with Gasteiger partial charge in [-0.15, -0.1) is 0 Å². The summed E-state index contributed by atoms with van der Waals surface area (Å²) in [6, 6.07) is 0. The van der Waals surface area contributed by atoms with Crippen molar-refractivity contribution in [1.82, 2.24) is 0 Å². The highest BCUT2D eigenvalue weighted by molar-refractivity contribution is 6.79. The lowest BCUT2D eigenvalue weighted by Gasteiger charge is -2.67. The average molecular weight is 349 g/mol. The molecule has 0 aliphatic heterocycles. The van der Waals surface area contributed by atoms with Crippen LogP contribution in [0.15, 0.2) is 25.3 Å². The third-order valence-corrected chi connectivity index (χ3v) is 10.3. The molecule has 4 bridgehead atoms. The Morgan fingerprint density at radius 1 is 0.917 bits per heavy atom. The van der Waals surface area contributed by atoms with Crippen LogP contribution < -0.4 is 0 Å². The van der Waals surface area contributed by atoms with Crippen LogP contribution in [0.4, 0.5) is 0 Å². The summed E-state index contributed by atoms with van der Waals surface area (Å²) < 4.78 is 11.8. The fraction of sp³-hybridized carbons (Fsp3) is 0.684. The molecule has 0 aromatic rings. The molecular weight excluding hydrogens is 320 g/mol. The number of esters is 2. The van der Waals surface area contributed by atoms with E-state index in [9.17, 15) is 9.59 Å². The lowest BCUT2D eigenvalue weighted by atomic mass is 9.51. The smallest absolute Gasteiger partial charge is 0.330 e. The van der Waals surface area contributed by atoms with Crippen LogP contribution in [0.25, 0.3) is 0 Å². The molecule has 4 saturated carbocycles. The summed E-state index contributed by atoms with van der Waals surface area (Å²) in [5.41, 5.74) is -1.02. The summed E-state index contributed by atoms with van der Waals surface area (Å²) in [7, 11) is -1.56. The van der Waals surface area contributed by atoms with Crippen molar-refractivity contribution in [2.45, 2.75) is 74.4 Å². The fourth-order valence-electron chi connectivity index (χ4n) is 5.84. The van der Waals surface area contributed by atoms with Gasteiger partial charge in [0.15, 0.2) is 0 Å². The molecule has 5 heteroatoms. The molecule has 4 rings (SSSR count). The van der Waals surface area contributed by atoms with Gasteiger partial charge in [0.1, 0.15) is 11.2 Å².